The molecule has 10 heteroatoms. The number of halogens is 3. The monoisotopic (exact) mass is 420 g/mol. The van der Waals surface area contributed by atoms with E-state index in [1.54, 1.807) is 7.05 Å². The van der Waals surface area contributed by atoms with Gasteiger partial charge in [-0.15, -0.1) is 0 Å². The minimum atomic E-state index is -4.53. The van der Waals surface area contributed by atoms with Crippen molar-refractivity contribution in [3.05, 3.63) is 66.7 Å². The highest BCUT2D eigenvalue weighted by Crippen LogP contribution is 2.33. The largest absolute Gasteiger partial charge is 0.488 e. The van der Waals surface area contributed by atoms with Crippen molar-refractivity contribution in [2.75, 3.05) is 32.1 Å². The summed E-state index contributed by atoms with van der Waals surface area (Å²) in [6.07, 6.45) is -1.93. The Hall–Kier alpha value is -3.40. The molecule has 1 unspecified atom stereocenters. The second-order valence-corrected chi connectivity index (χ2v) is 6.66. The molecule has 1 atom stereocenters. The van der Waals surface area contributed by atoms with E-state index in [0.29, 0.717) is 18.8 Å². The van der Waals surface area contributed by atoms with Gasteiger partial charge in [-0.05, 0) is 30.3 Å². The summed E-state index contributed by atoms with van der Waals surface area (Å²) in [5.41, 5.74) is -0.564. The van der Waals surface area contributed by atoms with Crippen LogP contribution in [-0.4, -0.2) is 47.4 Å². The molecule has 1 amide bonds. The van der Waals surface area contributed by atoms with Crippen molar-refractivity contribution >= 4 is 11.6 Å². The molecule has 0 fully saturated rings. The standard InChI is InChI=1S/C20H20F3N5O2/c1-27(9-10-30-16-5-3-2-4-6-16)12-19(29)26-17-11-15(20(21,22)23)7-8-18(17)28-14-24-13-25-28/h2-8,11,13-14H,9-10,12H2,1H3,(H,26,29)/p+1. The van der Waals surface area contributed by atoms with E-state index >= 15 is 0 Å². The van der Waals surface area contributed by atoms with E-state index in [9.17, 15) is 18.0 Å². The summed E-state index contributed by atoms with van der Waals surface area (Å²) in [6, 6.07) is 12.4. The first-order valence-corrected chi connectivity index (χ1v) is 9.18. The van der Waals surface area contributed by atoms with Gasteiger partial charge in [0.1, 0.15) is 31.6 Å². The average molecular weight is 420 g/mol. The number of aromatic nitrogens is 3. The number of benzene rings is 2. The molecule has 30 heavy (non-hydrogen) atoms. The van der Waals surface area contributed by atoms with E-state index in [1.165, 1.54) is 23.4 Å². The Morgan fingerprint density at radius 1 is 1.20 bits per heavy atom. The van der Waals surface area contributed by atoms with Gasteiger partial charge in [0, 0.05) is 0 Å². The van der Waals surface area contributed by atoms with Crippen molar-refractivity contribution in [2.45, 2.75) is 6.18 Å². The number of hydrogen-bond acceptors (Lipinski definition) is 4. The normalized spacial score (nSPS) is 12.4. The van der Waals surface area contributed by atoms with Crippen molar-refractivity contribution in [3.8, 4) is 11.4 Å². The second kappa shape index (κ2) is 9.40. The van der Waals surface area contributed by atoms with Gasteiger partial charge < -0.3 is 15.0 Å². The molecule has 158 valence electrons. The van der Waals surface area contributed by atoms with E-state index in [1.807, 2.05) is 30.3 Å². The first kappa shape index (κ1) is 21.3. The fourth-order valence-corrected chi connectivity index (χ4v) is 2.76. The summed E-state index contributed by atoms with van der Waals surface area (Å²) < 4.78 is 46.2. The predicted octanol–water partition coefficient (Wildman–Crippen LogP) is 1.82. The highest BCUT2D eigenvalue weighted by molar-refractivity contribution is 5.93. The lowest BCUT2D eigenvalue weighted by Gasteiger charge is -2.17. The van der Waals surface area contributed by atoms with Gasteiger partial charge in [-0.1, -0.05) is 18.2 Å². The Balaban J connectivity index is 1.63. The Labute approximate surface area is 171 Å². The van der Waals surface area contributed by atoms with Crippen LogP contribution in [0.1, 0.15) is 5.56 Å². The van der Waals surface area contributed by atoms with Crippen molar-refractivity contribution in [2.24, 2.45) is 0 Å². The second-order valence-electron chi connectivity index (χ2n) is 6.66. The number of amides is 1. The highest BCUT2D eigenvalue weighted by atomic mass is 19.4. The van der Waals surface area contributed by atoms with E-state index < -0.39 is 17.6 Å². The maximum atomic E-state index is 13.1. The summed E-state index contributed by atoms with van der Waals surface area (Å²) in [7, 11) is 1.80. The van der Waals surface area contributed by atoms with Gasteiger partial charge >= 0.3 is 6.18 Å². The van der Waals surface area contributed by atoms with Gasteiger partial charge in [-0.3, -0.25) is 4.79 Å². The van der Waals surface area contributed by atoms with Crippen LogP contribution in [0.4, 0.5) is 18.9 Å². The van der Waals surface area contributed by atoms with Crippen molar-refractivity contribution in [1.29, 1.82) is 0 Å². The molecule has 0 aliphatic rings. The van der Waals surface area contributed by atoms with E-state index in [0.717, 1.165) is 22.8 Å². The van der Waals surface area contributed by atoms with Gasteiger partial charge in [0.15, 0.2) is 6.54 Å². The van der Waals surface area contributed by atoms with Crippen LogP contribution < -0.4 is 15.0 Å². The number of hydrogen-bond donors (Lipinski definition) is 2. The predicted molar refractivity (Wildman–Crippen MR) is 104 cm³/mol. The highest BCUT2D eigenvalue weighted by Gasteiger charge is 2.31. The lowest BCUT2D eigenvalue weighted by molar-refractivity contribution is -0.871. The number of anilines is 1. The Morgan fingerprint density at radius 2 is 1.97 bits per heavy atom. The molecule has 0 saturated carbocycles. The number of carbonyl (C=O) groups excluding carboxylic acids is 1. The summed E-state index contributed by atoms with van der Waals surface area (Å²) in [6.45, 7) is 1.00. The topological polar surface area (TPSA) is 73.5 Å². The molecule has 3 aromatic rings. The number of likely N-dealkylation sites (N-methyl/N-ethyl adjacent to an activating group) is 1. The van der Waals surface area contributed by atoms with Gasteiger partial charge in [-0.25, -0.2) is 9.67 Å². The first-order valence-electron chi connectivity index (χ1n) is 9.18. The molecule has 0 aliphatic heterocycles. The molecule has 0 bridgehead atoms. The molecular weight excluding hydrogens is 399 g/mol. The zero-order valence-electron chi connectivity index (χ0n) is 16.2. The van der Waals surface area contributed by atoms with Crippen LogP contribution in [0, 0.1) is 0 Å². The molecule has 1 aromatic heterocycles. The Morgan fingerprint density at radius 3 is 2.63 bits per heavy atom. The summed E-state index contributed by atoms with van der Waals surface area (Å²) >= 11 is 0. The third-order valence-corrected chi connectivity index (χ3v) is 4.27. The number of ether oxygens (including phenoxy) is 1. The smallest absolute Gasteiger partial charge is 0.416 e. The lowest BCUT2D eigenvalue weighted by atomic mass is 10.1. The number of nitrogens with one attached hydrogen (secondary N) is 2. The average Bonchev–Trinajstić information content (AvgIpc) is 3.22. The molecule has 7 nitrogen and oxygen atoms in total. The van der Waals surface area contributed by atoms with Crippen LogP contribution in [0.5, 0.6) is 5.75 Å². The van der Waals surface area contributed by atoms with Crippen molar-refractivity contribution in [3.63, 3.8) is 0 Å². The van der Waals surface area contributed by atoms with Crippen molar-refractivity contribution in [1.82, 2.24) is 14.8 Å². The van der Waals surface area contributed by atoms with Crippen LogP contribution in [-0.2, 0) is 11.0 Å². The number of carbonyl (C=O) groups is 1. The minimum absolute atomic E-state index is 0.00802. The Bertz CT molecular complexity index is 962. The maximum Gasteiger partial charge on any atom is 0.416 e. The molecular formula is C20H21F3N5O2+. The zero-order chi connectivity index (χ0) is 21.6. The molecule has 2 aromatic carbocycles. The molecule has 0 spiro atoms. The van der Waals surface area contributed by atoms with Gasteiger partial charge in [0.2, 0.25) is 0 Å². The SMILES string of the molecule is C[NH+](CCOc1ccccc1)CC(=O)Nc1cc(C(F)(F)F)ccc1-n1cncn1. The maximum absolute atomic E-state index is 13.1. The fraction of sp³-hybridized carbons (Fsp3) is 0.250. The number of nitrogens with zero attached hydrogens (tertiary/aromatic N) is 3. The summed E-state index contributed by atoms with van der Waals surface area (Å²) in [5, 5.41) is 6.49. The fourth-order valence-electron chi connectivity index (χ4n) is 2.76. The number of para-hydroxylation sites is 1. The quantitative estimate of drug-likeness (QED) is 0.583. The van der Waals surface area contributed by atoms with Crippen LogP contribution in [0.2, 0.25) is 0 Å². The summed E-state index contributed by atoms with van der Waals surface area (Å²) in [5.74, 6) is 0.309. The molecule has 3 rings (SSSR count). The Kier molecular flexibility index (Phi) is 6.68. The van der Waals surface area contributed by atoms with Crippen LogP contribution in [0.15, 0.2) is 61.2 Å². The molecule has 0 saturated heterocycles. The van der Waals surface area contributed by atoms with Gasteiger partial charge in [0.25, 0.3) is 5.91 Å². The minimum Gasteiger partial charge on any atom is -0.488 e. The van der Waals surface area contributed by atoms with Crippen LogP contribution in [0.25, 0.3) is 5.69 Å². The molecule has 1 heterocycles. The zero-order valence-corrected chi connectivity index (χ0v) is 16.2. The molecule has 0 radical (unpaired) electrons. The number of rotatable bonds is 8. The number of quaternary nitrogens is 1. The van der Waals surface area contributed by atoms with Gasteiger partial charge in [-0.2, -0.15) is 18.3 Å². The van der Waals surface area contributed by atoms with E-state index in [4.69, 9.17) is 4.74 Å². The number of alkyl halides is 3. The summed E-state index contributed by atoms with van der Waals surface area (Å²) in [4.78, 5) is 17.1. The first-order chi connectivity index (χ1) is 14.3. The third-order valence-electron chi connectivity index (χ3n) is 4.27. The van der Waals surface area contributed by atoms with E-state index in [2.05, 4.69) is 15.4 Å². The van der Waals surface area contributed by atoms with Crippen LogP contribution >= 0.6 is 0 Å². The van der Waals surface area contributed by atoms with Crippen LogP contribution in [0.3, 0.4) is 0 Å². The van der Waals surface area contributed by atoms with E-state index in [-0.39, 0.29) is 12.2 Å². The van der Waals surface area contributed by atoms with Crippen molar-refractivity contribution < 1.29 is 27.6 Å². The molecule has 2 N–H and O–H groups in total. The third kappa shape index (κ3) is 5.80. The van der Waals surface area contributed by atoms with Gasteiger partial charge in [0.05, 0.1) is 24.0 Å². The lowest BCUT2D eigenvalue weighted by Crippen LogP contribution is -3.10. The molecule has 0 aliphatic carbocycles.